The van der Waals surface area contributed by atoms with Crippen LogP contribution in [0, 0.1) is 5.82 Å². The number of nitrogens with one attached hydrogen (secondary N) is 1. The zero-order chi connectivity index (χ0) is 16.8. The first kappa shape index (κ1) is 17.0. The number of hydrogen-bond acceptors (Lipinski definition) is 3. The lowest BCUT2D eigenvalue weighted by atomic mass is 9.73. The number of rotatable bonds is 4. The molecule has 0 unspecified atom stereocenters. The standard InChI is InChI=1S/C15H19F4NO2/c1-13(2,7-14(22,8-21)15(17,18)19)10-3-4-11(16)12-9(10)5-6-20-12/h3-4,20-22H,5-8H2,1-2H3/t14-/m0/s1. The van der Waals surface area contributed by atoms with Crippen LogP contribution in [0.5, 0.6) is 0 Å². The third-order valence-corrected chi connectivity index (χ3v) is 4.19. The Labute approximate surface area is 126 Å². The van der Waals surface area contributed by atoms with Crippen LogP contribution in [0.1, 0.15) is 31.4 Å². The van der Waals surface area contributed by atoms with Crippen LogP contribution in [-0.2, 0) is 11.8 Å². The molecule has 1 aromatic rings. The zero-order valence-electron chi connectivity index (χ0n) is 12.4. The van der Waals surface area contributed by atoms with Crippen molar-refractivity contribution in [2.24, 2.45) is 0 Å². The molecule has 124 valence electrons. The smallest absolute Gasteiger partial charge is 0.393 e. The topological polar surface area (TPSA) is 52.5 Å². The van der Waals surface area contributed by atoms with E-state index in [0.29, 0.717) is 29.8 Å². The lowest BCUT2D eigenvalue weighted by Crippen LogP contribution is -2.52. The van der Waals surface area contributed by atoms with E-state index >= 15 is 0 Å². The van der Waals surface area contributed by atoms with Crippen molar-refractivity contribution in [1.82, 2.24) is 0 Å². The molecule has 3 N–H and O–H groups in total. The number of halogens is 4. The average Bonchev–Trinajstić information content (AvgIpc) is 2.86. The zero-order valence-corrected chi connectivity index (χ0v) is 12.4. The molecule has 0 saturated heterocycles. The molecule has 0 bridgehead atoms. The average molecular weight is 321 g/mol. The van der Waals surface area contributed by atoms with Crippen molar-refractivity contribution in [1.29, 1.82) is 0 Å². The molecule has 0 amide bonds. The number of benzene rings is 1. The van der Waals surface area contributed by atoms with Gasteiger partial charge in [0.2, 0.25) is 0 Å². The van der Waals surface area contributed by atoms with Crippen molar-refractivity contribution in [2.45, 2.75) is 43.9 Å². The maximum atomic E-state index is 13.7. The summed E-state index contributed by atoms with van der Waals surface area (Å²) in [5, 5.41) is 21.7. The van der Waals surface area contributed by atoms with Crippen LogP contribution in [0.2, 0.25) is 0 Å². The fraction of sp³-hybridized carbons (Fsp3) is 0.600. The molecule has 0 aromatic heterocycles. The molecule has 1 atom stereocenters. The molecule has 1 heterocycles. The number of alkyl halides is 3. The summed E-state index contributed by atoms with van der Waals surface area (Å²) in [6.45, 7) is 2.20. The van der Waals surface area contributed by atoms with Crippen LogP contribution in [0.15, 0.2) is 12.1 Å². The Balaban J connectivity index is 2.42. The summed E-state index contributed by atoms with van der Waals surface area (Å²) in [7, 11) is 0. The van der Waals surface area contributed by atoms with Gasteiger partial charge in [0.25, 0.3) is 0 Å². The highest BCUT2D eigenvalue weighted by Crippen LogP contribution is 2.43. The summed E-state index contributed by atoms with van der Waals surface area (Å²) in [5.74, 6) is -0.444. The molecule has 0 fully saturated rings. The van der Waals surface area contributed by atoms with Gasteiger partial charge in [0.15, 0.2) is 5.60 Å². The summed E-state index contributed by atoms with van der Waals surface area (Å²) < 4.78 is 52.7. The molecule has 1 aliphatic rings. The summed E-state index contributed by atoms with van der Waals surface area (Å²) in [6.07, 6.45) is -5.14. The number of aliphatic hydroxyl groups excluding tert-OH is 1. The second kappa shape index (κ2) is 5.38. The second-order valence-electron chi connectivity index (χ2n) is 6.37. The SMILES string of the molecule is CC(C)(C[C@](O)(CO)C(F)(F)F)c1ccc(F)c2c1CCN2. The summed E-state index contributed by atoms with van der Waals surface area (Å²) >= 11 is 0. The Morgan fingerprint density at radius 3 is 2.41 bits per heavy atom. The van der Waals surface area contributed by atoms with Gasteiger partial charge in [0, 0.05) is 6.54 Å². The summed E-state index contributed by atoms with van der Waals surface area (Å²) in [5.41, 5.74) is -2.79. The van der Waals surface area contributed by atoms with Crippen molar-refractivity contribution < 1.29 is 27.8 Å². The van der Waals surface area contributed by atoms with E-state index in [4.69, 9.17) is 5.11 Å². The summed E-state index contributed by atoms with van der Waals surface area (Å²) in [6, 6.07) is 2.66. The molecule has 0 spiro atoms. The molecule has 1 aromatic carbocycles. The van der Waals surface area contributed by atoms with Gasteiger partial charge in [-0.25, -0.2) is 4.39 Å². The van der Waals surface area contributed by atoms with E-state index in [-0.39, 0.29) is 0 Å². The predicted octanol–water partition coefficient (Wildman–Crippen LogP) is 2.75. The van der Waals surface area contributed by atoms with Gasteiger partial charge in [-0.15, -0.1) is 0 Å². The number of anilines is 1. The maximum Gasteiger partial charge on any atom is 0.419 e. The lowest BCUT2D eigenvalue weighted by molar-refractivity contribution is -0.277. The molecule has 3 nitrogen and oxygen atoms in total. The highest BCUT2D eigenvalue weighted by atomic mass is 19.4. The molecule has 7 heteroatoms. The molecular formula is C15H19F4NO2. The Kier molecular flexibility index (Phi) is 4.16. The van der Waals surface area contributed by atoms with Crippen LogP contribution in [0.4, 0.5) is 23.2 Å². The number of fused-ring (bicyclic) bond motifs is 1. The number of hydrogen-bond donors (Lipinski definition) is 3. The van der Waals surface area contributed by atoms with E-state index in [1.54, 1.807) is 13.8 Å². The quantitative estimate of drug-likeness (QED) is 0.748. The van der Waals surface area contributed by atoms with Crippen molar-refractivity contribution in [3.05, 3.63) is 29.1 Å². The van der Waals surface area contributed by atoms with E-state index in [0.717, 1.165) is 0 Å². The lowest BCUT2D eigenvalue weighted by Gasteiger charge is -2.37. The highest BCUT2D eigenvalue weighted by Gasteiger charge is 2.55. The Bertz CT molecular complexity index is 571. The molecule has 0 saturated carbocycles. The first-order chi connectivity index (χ1) is 10.0. The van der Waals surface area contributed by atoms with E-state index in [9.17, 15) is 22.7 Å². The van der Waals surface area contributed by atoms with Gasteiger partial charge in [-0.2, -0.15) is 13.2 Å². The van der Waals surface area contributed by atoms with Gasteiger partial charge >= 0.3 is 6.18 Å². The van der Waals surface area contributed by atoms with Gasteiger partial charge in [-0.05, 0) is 35.4 Å². The highest BCUT2D eigenvalue weighted by molar-refractivity contribution is 5.61. The van der Waals surface area contributed by atoms with Crippen molar-refractivity contribution >= 4 is 5.69 Å². The predicted molar refractivity (Wildman–Crippen MR) is 74.3 cm³/mol. The number of aliphatic hydroxyl groups is 2. The van der Waals surface area contributed by atoms with E-state index in [1.165, 1.54) is 12.1 Å². The minimum atomic E-state index is -4.94. The van der Waals surface area contributed by atoms with Crippen molar-refractivity contribution in [2.75, 3.05) is 18.5 Å². The third kappa shape index (κ3) is 2.79. The monoisotopic (exact) mass is 321 g/mol. The summed E-state index contributed by atoms with van der Waals surface area (Å²) in [4.78, 5) is 0. The molecule has 0 radical (unpaired) electrons. The van der Waals surface area contributed by atoms with Crippen molar-refractivity contribution in [3.8, 4) is 0 Å². The van der Waals surface area contributed by atoms with E-state index in [1.807, 2.05) is 0 Å². The van der Waals surface area contributed by atoms with Gasteiger partial charge < -0.3 is 15.5 Å². The van der Waals surface area contributed by atoms with Crippen LogP contribution in [0.25, 0.3) is 0 Å². The molecular weight excluding hydrogens is 302 g/mol. The Morgan fingerprint density at radius 1 is 1.23 bits per heavy atom. The van der Waals surface area contributed by atoms with Crippen LogP contribution < -0.4 is 5.32 Å². The second-order valence-corrected chi connectivity index (χ2v) is 6.37. The first-order valence-corrected chi connectivity index (χ1v) is 6.97. The van der Waals surface area contributed by atoms with E-state index in [2.05, 4.69) is 5.32 Å². The van der Waals surface area contributed by atoms with Crippen LogP contribution >= 0.6 is 0 Å². The minimum absolute atomic E-state index is 0.310. The molecule has 22 heavy (non-hydrogen) atoms. The fourth-order valence-corrected chi connectivity index (χ4v) is 3.09. The Hall–Kier alpha value is -1.34. The van der Waals surface area contributed by atoms with Crippen LogP contribution in [-0.4, -0.2) is 35.1 Å². The molecule has 1 aliphatic heterocycles. The van der Waals surface area contributed by atoms with Gasteiger partial charge in [-0.1, -0.05) is 19.9 Å². The first-order valence-electron chi connectivity index (χ1n) is 6.97. The van der Waals surface area contributed by atoms with Crippen LogP contribution in [0.3, 0.4) is 0 Å². The molecule has 2 rings (SSSR count). The minimum Gasteiger partial charge on any atom is -0.393 e. The van der Waals surface area contributed by atoms with Crippen molar-refractivity contribution in [3.63, 3.8) is 0 Å². The largest absolute Gasteiger partial charge is 0.419 e. The van der Waals surface area contributed by atoms with Gasteiger partial charge in [0.1, 0.15) is 5.82 Å². The van der Waals surface area contributed by atoms with Gasteiger partial charge in [-0.3, -0.25) is 0 Å². The maximum absolute atomic E-state index is 13.7. The molecule has 0 aliphatic carbocycles. The van der Waals surface area contributed by atoms with Gasteiger partial charge in [0.05, 0.1) is 12.3 Å². The third-order valence-electron chi connectivity index (χ3n) is 4.19. The normalized spacial score (nSPS) is 17.8. The fourth-order valence-electron chi connectivity index (χ4n) is 3.09. The van der Waals surface area contributed by atoms with E-state index < -0.39 is 36.0 Å². The Morgan fingerprint density at radius 2 is 1.86 bits per heavy atom.